The molecule has 7 nitrogen and oxygen atoms in total. The Morgan fingerprint density at radius 1 is 1.06 bits per heavy atom. The Morgan fingerprint density at radius 2 is 1.77 bits per heavy atom. The first-order valence-corrected chi connectivity index (χ1v) is 14.1. The number of ether oxygens (including phenoxy) is 1. The van der Waals surface area contributed by atoms with E-state index in [0.29, 0.717) is 12.1 Å². The number of carbonyl (C=O) groups excluding carboxylic acids is 1. The maximum atomic E-state index is 13.3. The molecule has 2 fully saturated rings. The summed E-state index contributed by atoms with van der Waals surface area (Å²) in [4.78, 5) is 15.7. The van der Waals surface area contributed by atoms with Crippen molar-refractivity contribution in [2.24, 2.45) is 0 Å². The number of hydrogen-bond acceptors (Lipinski definition) is 5. The Balaban J connectivity index is 1.49. The van der Waals surface area contributed by atoms with E-state index in [9.17, 15) is 13.2 Å². The van der Waals surface area contributed by atoms with Crippen molar-refractivity contribution in [1.29, 1.82) is 0 Å². The molecule has 0 radical (unpaired) electrons. The van der Waals surface area contributed by atoms with E-state index in [1.54, 1.807) is 32.4 Å². The molecular weight excluding hydrogens is 462 g/mol. The highest BCUT2D eigenvalue weighted by Gasteiger charge is 2.30. The molecule has 0 spiro atoms. The van der Waals surface area contributed by atoms with Crippen molar-refractivity contribution >= 4 is 15.9 Å². The average molecular weight is 500 g/mol. The monoisotopic (exact) mass is 499 g/mol. The van der Waals surface area contributed by atoms with Gasteiger partial charge in [0.2, 0.25) is 10.0 Å². The maximum absolute atomic E-state index is 13.3. The number of nitrogens with one attached hydrogen (secondary N) is 1. The number of hydrogen-bond donors (Lipinski definition) is 1. The molecule has 1 saturated heterocycles. The number of para-hydroxylation sites is 1. The van der Waals surface area contributed by atoms with Crippen molar-refractivity contribution in [2.45, 2.75) is 61.9 Å². The molecule has 0 unspecified atom stereocenters. The molecule has 1 N–H and O–H groups in total. The SMILES string of the molecule is COc1ccccc1[C@@H](CNC(=O)c1cccc(S(=O)(=O)N(C)C2CCCCC2)c1)N1CCCC1. The van der Waals surface area contributed by atoms with E-state index >= 15 is 0 Å². The van der Waals surface area contributed by atoms with Crippen LogP contribution in [0.2, 0.25) is 0 Å². The molecule has 35 heavy (non-hydrogen) atoms. The summed E-state index contributed by atoms with van der Waals surface area (Å²) in [6, 6.07) is 14.3. The minimum atomic E-state index is -3.66. The van der Waals surface area contributed by atoms with Gasteiger partial charge in [0.15, 0.2) is 0 Å². The summed E-state index contributed by atoms with van der Waals surface area (Å²) in [6.45, 7) is 2.36. The van der Waals surface area contributed by atoms with Crippen LogP contribution in [0.15, 0.2) is 53.4 Å². The van der Waals surface area contributed by atoms with Gasteiger partial charge in [-0.25, -0.2) is 8.42 Å². The molecule has 2 aromatic carbocycles. The van der Waals surface area contributed by atoms with E-state index in [4.69, 9.17) is 4.74 Å². The van der Waals surface area contributed by atoms with E-state index in [0.717, 1.165) is 69.3 Å². The fraction of sp³-hybridized carbons (Fsp3) is 0.519. The zero-order valence-corrected chi connectivity index (χ0v) is 21.6. The second-order valence-electron chi connectivity index (χ2n) is 9.55. The zero-order valence-electron chi connectivity index (χ0n) is 20.8. The molecule has 2 aliphatic rings. The molecule has 2 aromatic rings. The Bertz CT molecular complexity index is 1110. The topological polar surface area (TPSA) is 78.9 Å². The van der Waals surface area contributed by atoms with Crippen molar-refractivity contribution < 1.29 is 17.9 Å². The molecule has 1 aliphatic carbocycles. The van der Waals surface area contributed by atoms with Crippen molar-refractivity contribution in [3.8, 4) is 5.75 Å². The molecule has 4 rings (SSSR count). The summed E-state index contributed by atoms with van der Waals surface area (Å²) < 4.78 is 33.6. The van der Waals surface area contributed by atoms with E-state index < -0.39 is 10.0 Å². The fourth-order valence-electron chi connectivity index (χ4n) is 5.33. The first kappa shape index (κ1) is 25.7. The summed E-state index contributed by atoms with van der Waals surface area (Å²) in [7, 11) is -0.342. The third-order valence-corrected chi connectivity index (χ3v) is 9.30. The molecule has 0 bridgehead atoms. The van der Waals surface area contributed by atoms with Crippen LogP contribution in [0.1, 0.15) is 66.9 Å². The quantitative estimate of drug-likeness (QED) is 0.559. The average Bonchev–Trinajstić information content (AvgIpc) is 3.44. The predicted molar refractivity (Wildman–Crippen MR) is 137 cm³/mol. The van der Waals surface area contributed by atoms with Gasteiger partial charge in [0.1, 0.15) is 5.75 Å². The Labute approximate surface area is 209 Å². The Kier molecular flexibility index (Phi) is 8.46. The van der Waals surface area contributed by atoms with Gasteiger partial charge in [0.25, 0.3) is 5.91 Å². The number of benzene rings is 2. The number of amides is 1. The van der Waals surface area contributed by atoms with Crippen LogP contribution in [0.5, 0.6) is 5.75 Å². The summed E-state index contributed by atoms with van der Waals surface area (Å²) >= 11 is 0. The highest BCUT2D eigenvalue weighted by Crippen LogP contribution is 2.31. The van der Waals surface area contributed by atoms with Crippen LogP contribution in [0.3, 0.4) is 0 Å². The Morgan fingerprint density at radius 3 is 2.49 bits per heavy atom. The van der Waals surface area contributed by atoms with Gasteiger partial charge in [-0.1, -0.05) is 43.5 Å². The predicted octanol–water partition coefficient (Wildman–Crippen LogP) is 4.22. The van der Waals surface area contributed by atoms with E-state index in [2.05, 4.69) is 10.2 Å². The van der Waals surface area contributed by atoms with Crippen LogP contribution in [0, 0.1) is 0 Å². The van der Waals surface area contributed by atoms with Gasteiger partial charge in [-0.05, 0) is 63.0 Å². The smallest absolute Gasteiger partial charge is 0.251 e. The third kappa shape index (κ3) is 5.88. The first-order valence-electron chi connectivity index (χ1n) is 12.6. The maximum Gasteiger partial charge on any atom is 0.251 e. The standard InChI is InChI=1S/C27H37N3O4S/c1-29(22-12-4-3-5-13-22)35(32,33)23-14-10-11-21(19-23)27(31)28-20-25(30-17-8-9-18-30)24-15-6-7-16-26(24)34-2/h6-7,10-11,14-16,19,22,25H,3-5,8-9,12-13,17-18,20H2,1-2H3,(H,28,31)/t25-/m1/s1. The molecule has 1 aliphatic heterocycles. The van der Waals surface area contributed by atoms with E-state index in [1.165, 1.54) is 10.4 Å². The molecule has 190 valence electrons. The van der Waals surface area contributed by atoms with Gasteiger partial charge in [-0.2, -0.15) is 4.31 Å². The molecule has 8 heteroatoms. The fourth-order valence-corrected chi connectivity index (χ4v) is 6.79. The van der Waals surface area contributed by atoms with Crippen molar-refractivity contribution in [3.05, 3.63) is 59.7 Å². The lowest BCUT2D eigenvalue weighted by Crippen LogP contribution is -2.38. The van der Waals surface area contributed by atoms with Gasteiger partial charge < -0.3 is 10.1 Å². The van der Waals surface area contributed by atoms with Crippen molar-refractivity contribution in [2.75, 3.05) is 33.8 Å². The number of methoxy groups -OCH3 is 1. The zero-order chi connectivity index (χ0) is 24.8. The summed E-state index contributed by atoms with van der Waals surface area (Å²) in [5.74, 6) is 0.527. The summed E-state index contributed by atoms with van der Waals surface area (Å²) in [5.41, 5.74) is 1.39. The lowest BCUT2D eigenvalue weighted by molar-refractivity contribution is 0.0937. The van der Waals surface area contributed by atoms with E-state index in [-0.39, 0.29) is 22.9 Å². The van der Waals surface area contributed by atoms with Crippen LogP contribution >= 0.6 is 0 Å². The molecule has 1 atom stereocenters. The number of sulfonamides is 1. The second kappa shape index (κ2) is 11.5. The van der Waals surface area contributed by atoms with Gasteiger partial charge >= 0.3 is 0 Å². The molecule has 0 aromatic heterocycles. The van der Waals surface area contributed by atoms with Crippen molar-refractivity contribution in [1.82, 2.24) is 14.5 Å². The van der Waals surface area contributed by atoms with Gasteiger partial charge in [-0.3, -0.25) is 9.69 Å². The largest absolute Gasteiger partial charge is 0.496 e. The third-order valence-electron chi connectivity index (χ3n) is 7.40. The number of rotatable bonds is 9. The Hall–Kier alpha value is -2.42. The summed E-state index contributed by atoms with van der Waals surface area (Å²) in [6.07, 6.45) is 7.30. The van der Waals surface area contributed by atoms with Crippen molar-refractivity contribution in [3.63, 3.8) is 0 Å². The minimum absolute atomic E-state index is 0.0121. The number of carbonyl (C=O) groups is 1. The molecule has 1 amide bonds. The first-order chi connectivity index (χ1) is 16.9. The normalized spacial score (nSPS) is 18.5. The highest BCUT2D eigenvalue weighted by molar-refractivity contribution is 7.89. The summed E-state index contributed by atoms with van der Waals surface area (Å²) in [5, 5.41) is 3.05. The number of likely N-dealkylation sites (tertiary alicyclic amines) is 1. The van der Waals surface area contributed by atoms with Gasteiger partial charge in [-0.15, -0.1) is 0 Å². The number of nitrogens with zero attached hydrogens (tertiary/aromatic N) is 2. The molecule has 1 saturated carbocycles. The van der Waals surface area contributed by atoms with Gasteiger partial charge in [0, 0.05) is 30.8 Å². The van der Waals surface area contributed by atoms with Crippen LogP contribution in [0.25, 0.3) is 0 Å². The van der Waals surface area contributed by atoms with Crippen LogP contribution in [-0.2, 0) is 10.0 Å². The van der Waals surface area contributed by atoms with Crippen LogP contribution < -0.4 is 10.1 Å². The highest BCUT2D eigenvalue weighted by atomic mass is 32.2. The van der Waals surface area contributed by atoms with Gasteiger partial charge in [0.05, 0.1) is 18.0 Å². The molecule has 1 heterocycles. The second-order valence-corrected chi connectivity index (χ2v) is 11.5. The lowest BCUT2D eigenvalue weighted by Gasteiger charge is -2.30. The van der Waals surface area contributed by atoms with Crippen LogP contribution in [-0.4, -0.2) is 63.4 Å². The molecular formula is C27H37N3O4S. The lowest BCUT2D eigenvalue weighted by atomic mass is 9.96. The van der Waals surface area contributed by atoms with Crippen LogP contribution in [0.4, 0.5) is 0 Å². The minimum Gasteiger partial charge on any atom is -0.496 e. The van der Waals surface area contributed by atoms with E-state index in [1.807, 2.05) is 24.3 Å².